The van der Waals surface area contributed by atoms with Crippen LogP contribution in [-0.4, -0.2) is 32.2 Å². The number of hydrogen-bond acceptors (Lipinski definition) is 5. The van der Waals surface area contributed by atoms with E-state index < -0.39 is 10.0 Å². The van der Waals surface area contributed by atoms with Gasteiger partial charge in [0.1, 0.15) is 10.7 Å². The minimum atomic E-state index is -3.68. The van der Waals surface area contributed by atoms with Gasteiger partial charge >= 0.3 is 0 Å². The van der Waals surface area contributed by atoms with Crippen molar-refractivity contribution in [1.82, 2.24) is 9.71 Å². The number of halogens is 1. The first-order chi connectivity index (χ1) is 9.68. The molecule has 0 aromatic carbocycles. The van der Waals surface area contributed by atoms with Crippen molar-refractivity contribution in [2.75, 3.05) is 12.3 Å². The number of hydrogen-bond donors (Lipinski definition) is 2. The SMILES string of the molecule is CCOC1CC(NS(=O)(=O)c2cnc(N)c(Cl)c2)C1(C)C. The maximum atomic E-state index is 12.4. The predicted molar refractivity (Wildman–Crippen MR) is 81.6 cm³/mol. The van der Waals surface area contributed by atoms with Crippen LogP contribution in [0.1, 0.15) is 27.2 Å². The van der Waals surface area contributed by atoms with Crippen molar-refractivity contribution in [3.63, 3.8) is 0 Å². The first-order valence-electron chi connectivity index (χ1n) is 6.73. The molecule has 0 aliphatic heterocycles. The summed E-state index contributed by atoms with van der Waals surface area (Å²) in [5.41, 5.74) is 5.23. The Morgan fingerprint density at radius 3 is 2.76 bits per heavy atom. The first-order valence-corrected chi connectivity index (χ1v) is 8.59. The van der Waals surface area contributed by atoms with Gasteiger partial charge in [-0.15, -0.1) is 0 Å². The van der Waals surface area contributed by atoms with Crippen molar-refractivity contribution in [2.24, 2.45) is 5.41 Å². The van der Waals surface area contributed by atoms with Gasteiger partial charge in [0.15, 0.2) is 0 Å². The highest BCUT2D eigenvalue weighted by atomic mass is 35.5. The fourth-order valence-corrected chi connectivity index (χ4v) is 4.01. The summed E-state index contributed by atoms with van der Waals surface area (Å²) < 4.78 is 33.0. The largest absolute Gasteiger partial charge is 0.382 e. The number of ether oxygens (including phenoxy) is 1. The van der Waals surface area contributed by atoms with Crippen LogP contribution in [0.4, 0.5) is 5.82 Å². The Labute approximate surface area is 130 Å². The second-order valence-corrected chi connectivity index (χ2v) is 7.83. The van der Waals surface area contributed by atoms with Gasteiger partial charge in [0.05, 0.1) is 11.1 Å². The van der Waals surface area contributed by atoms with Crippen LogP contribution in [0.25, 0.3) is 0 Å². The molecule has 2 unspecified atom stereocenters. The van der Waals surface area contributed by atoms with Crippen LogP contribution < -0.4 is 10.5 Å². The van der Waals surface area contributed by atoms with Gasteiger partial charge in [0, 0.05) is 24.3 Å². The standard InChI is InChI=1S/C13H20ClN3O3S/c1-4-20-11-6-10(13(11,2)3)17-21(18,19)8-5-9(14)12(15)16-7-8/h5,7,10-11,17H,4,6H2,1-3H3,(H2,15,16). The van der Waals surface area contributed by atoms with E-state index in [-0.39, 0.29) is 33.3 Å². The number of nitrogen functional groups attached to an aromatic ring is 1. The molecule has 2 atom stereocenters. The van der Waals surface area contributed by atoms with Gasteiger partial charge in [-0.05, 0) is 19.4 Å². The molecule has 21 heavy (non-hydrogen) atoms. The second kappa shape index (κ2) is 5.72. The summed E-state index contributed by atoms with van der Waals surface area (Å²) in [7, 11) is -3.68. The number of sulfonamides is 1. The van der Waals surface area contributed by atoms with Gasteiger partial charge in [0.2, 0.25) is 10.0 Å². The van der Waals surface area contributed by atoms with Gasteiger partial charge in [-0.25, -0.2) is 18.1 Å². The smallest absolute Gasteiger partial charge is 0.242 e. The van der Waals surface area contributed by atoms with Crippen molar-refractivity contribution in [2.45, 2.75) is 44.2 Å². The molecule has 1 saturated carbocycles. The normalized spacial score (nSPS) is 24.6. The molecule has 0 bridgehead atoms. The van der Waals surface area contributed by atoms with Gasteiger partial charge in [-0.1, -0.05) is 25.4 Å². The molecule has 0 saturated heterocycles. The van der Waals surface area contributed by atoms with Crippen LogP contribution in [0, 0.1) is 5.41 Å². The van der Waals surface area contributed by atoms with Crippen molar-refractivity contribution < 1.29 is 13.2 Å². The van der Waals surface area contributed by atoms with Crippen LogP contribution in [0.15, 0.2) is 17.2 Å². The van der Waals surface area contributed by atoms with E-state index in [9.17, 15) is 8.42 Å². The van der Waals surface area contributed by atoms with E-state index in [1.165, 1.54) is 12.3 Å². The van der Waals surface area contributed by atoms with E-state index in [1.54, 1.807) is 0 Å². The summed E-state index contributed by atoms with van der Waals surface area (Å²) in [5.74, 6) is 0.107. The van der Waals surface area contributed by atoms with E-state index in [0.29, 0.717) is 13.0 Å². The molecule has 1 heterocycles. The lowest BCUT2D eigenvalue weighted by Crippen LogP contribution is -2.61. The van der Waals surface area contributed by atoms with Crippen LogP contribution in [-0.2, 0) is 14.8 Å². The first kappa shape index (κ1) is 16.5. The van der Waals surface area contributed by atoms with Gasteiger partial charge in [-0.2, -0.15) is 0 Å². The maximum absolute atomic E-state index is 12.4. The molecule has 1 aliphatic carbocycles. The molecule has 0 spiro atoms. The Bertz CT molecular complexity index is 634. The topological polar surface area (TPSA) is 94.3 Å². The van der Waals surface area contributed by atoms with Crippen molar-refractivity contribution in [1.29, 1.82) is 0 Å². The molecule has 6 nitrogen and oxygen atoms in total. The summed E-state index contributed by atoms with van der Waals surface area (Å²) >= 11 is 5.83. The second-order valence-electron chi connectivity index (χ2n) is 5.71. The number of rotatable bonds is 5. The molecule has 2 rings (SSSR count). The molecule has 0 radical (unpaired) electrons. The average molecular weight is 334 g/mol. The monoisotopic (exact) mass is 333 g/mol. The number of nitrogens with two attached hydrogens (primary N) is 1. The lowest BCUT2D eigenvalue weighted by Gasteiger charge is -2.51. The zero-order valence-electron chi connectivity index (χ0n) is 12.3. The fraction of sp³-hybridized carbons (Fsp3) is 0.615. The highest BCUT2D eigenvalue weighted by Crippen LogP contribution is 2.43. The third-order valence-electron chi connectivity index (χ3n) is 4.00. The number of nitrogens with one attached hydrogen (secondary N) is 1. The Balaban J connectivity index is 2.14. The lowest BCUT2D eigenvalue weighted by molar-refractivity contribution is -0.108. The summed E-state index contributed by atoms with van der Waals surface area (Å²) in [5, 5.41) is 0.123. The van der Waals surface area contributed by atoms with E-state index in [4.69, 9.17) is 22.1 Å². The third kappa shape index (κ3) is 3.15. The average Bonchev–Trinajstić information content (AvgIpc) is 2.40. The van der Waals surface area contributed by atoms with E-state index in [2.05, 4.69) is 9.71 Å². The molecule has 118 valence electrons. The van der Waals surface area contributed by atoms with Crippen LogP contribution in [0.3, 0.4) is 0 Å². The Kier molecular flexibility index (Phi) is 4.49. The Hall–Kier alpha value is -0.890. The fourth-order valence-electron chi connectivity index (χ4n) is 2.40. The molecule has 3 N–H and O–H groups in total. The van der Waals surface area contributed by atoms with Crippen molar-refractivity contribution >= 4 is 27.4 Å². The van der Waals surface area contributed by atoms with Gasteiger partial charge in [-0.3, -0.25) is 0 Å². The summed E-state index contributed by atoms with van der Waals surface area (Å²) in [4.78, 5) is 3.79. The molecular weight excluding hydrogens is 314 g/mol. The maximum Gasteiger partial charge on any atom is 0.242 e. The molecule has 1 aromatic heterocycles. The summed E-state index contributed by atoms with van der Waals surface area (Å²) in [6.07, 6.45) is 1.91. The van der Waals surface area contributed by atoms with Crippen LogP contribution in [0.2, 0.25) is 5.02 Å². The number of pyridine rings is 1. The highest BCUT2D eigenvalue weighted by molar-refractivity contribution is 7.89. The number of nitrogens with zero attached hydrogens (tertiary/aromatic N) is 1. The molecule has 0 amide bonds. The van der Waals surface area contributed by atoms with Crippen LogP contribution >= 0.6 is 11.6 Å². The summed E-state index contributed by atoms with van der Waals surface area (Å²) in [6.45, 7) is 6.51. The summed E-state index contributed by atoms with van der Waals surface area (Å²) in [6, 6.07) is 1.12. The minimum Gasteiger partial charge on any atom is -0.382 e. The highest BCUT2D eigenvalue weighted by Gasteiger charge is 2.50. The molecular formula is C13H20ClN3O3S. The van der Waals surface area contributed by atoms with Gasteiger partial charge < -0.3 is 10.5 Å². The van der Waals surface area contributed by atoms with E-state index >= 15 is 0 Å². The molecule has 1 fully saturated rings. The number of aromatic nitrogens is 1. The number of anilines is 1. The van der Waals surface area contributed by atoms with Crippen molar-refractivity contribution in [3.8, 4) is 0 Å². The van der Waals surface area contributed by atoms with E-state index in [0.717, 1.165) is 0 Å². The lowest BCUT2D eigenvalue weighted by atomic mass is 9.65. The minimum absolute atomic E-state index is 0.0114. The molecule has 8 heteroatoms. The third-order valence-corrected chi connectivity index (χ3v) is 5.74. The molecule has 1 aliphatic rings. The van der Waals surface area contributed by atoms with E-state index in [1.807, 2.05) is 20.8 Å². The predicted octanol–water partition coefficient (Wildman–Crippen LogP) is 1.80. The zero-order valence-corrected chi connectivity index (χ0v) is 13.8. The molecule has 1 aromatic rings. The van der Waals surface area contributed by atoms with Crippen LogP contribution in [0.5, 0.6) is 0 Å². The van der Waals surface area contributed by atoms with Gasteiger partial charge in [0.25, 0.3) is 0 Å². The Morgan fingerprint density at radius 1 is 1.57 bits per heavy atom. The zero-order chi connectivity index (χ0) is 15.8. The Morgan fingerprint density at radius 2 is 2.24 bits per heavy atom. The van der Waals surface area contributed by atoms with Crippen molar-refractivity contribution in [3.05, 3.63) is 17.3 Å². The quantitative estimate of drug-likeness (QED) is 0.856.